The van der Waals surface area contributed by atoms with Crippen LogP contribution in [0.2, 0.25) is 0 Å². The Hall–Kier alpha value is -1.02. The van der Waals surface area contributed by atoms with Gasteiger partial charge in [-0.1, -0.05) is 6.92 Å². The van der Waals surface area contributed by atoms with Crippen LogP contribution in [0.4, 0.5) is 0 Å². The van der Waals surface area contributed by atoms with E-state index in [1.54, 1.807) is 0 Å². The summed E-state index contributed by atoms with van der Waals surface area (Å²) in [5.74, 6) is 10.9. The number of rotatable bonds is 2. The van der Waals surface area contributed by atoms with Gasteiger partial charge in [0, 0.05) is 11.8 Å². The van der Waals surface area contributed by atoms with Gasteiger partial charge in [0.15, 0.2) is 0 Å². The summed E-state index contributed by atoms with van der Waals surface area (Å²) in [6.07, 6.45) is 10.8. The summed E-state index contributed by atoms with van der Waals surface area (Å²) < 4.78 is 0. The first-order chi connectivity index (χ1) is 12.7. The minimum absolute atomic E-state index is 0.369. The Labute approximate surface area is 158 Å². The summed E-state index contributed by atoms with van der Waals surface area (Å²) in [6, 6.07) is 5.18. The standard InChI is InChI=1S/C24H32N2/c1-12(17-6-15-8-23(17)21-4-13(10-25)2-19(15)21)18-7-16-9-24(18)22-5-14(11-26)3-20(16)22/h12-24H,2-9H2,1H3. The van der Waals surface area contributed by atoms with Crippen LogP contribution in [0.25, 0.3) is 0 Å². The predicted molar refractivity (Wildman–Crippen MR) is 99.2 cm³/mol. The van der Waals surface area contributed by atoms with Crippen molar-refractivity contribution in [3.63, 3.8) is 0 Å². The van der Waals surface area contributed by atoms with Gasteiger partial charge >= 0.3 is 0 Å². The molecule has 0 N–H and O–H groups in total. The van der Waals surface area contributed by atoms with Gasteiger partial charge in [-0.05, 0) is 116 Å². The second-order valence-electron chi connectivity index (χ2n) is 11.2. The molecule has 4 bridgehead atoms. The summed E-state index contributed by atoms with van der Waals surface area (Å²) in [5, 5.41) is 18.8. The first-order valence-electron chi connectivity index (χ1n) is 11.5. The molecule has 2 heteroatoms. The maximum absolute atomic E-state index is 9.39. The van der Waals surface area contributed by atoms with Gasteiger partial charge in [0.2, 0.25) is 0 Å². The van der Waals surface area contributed by atoms with Crippen molar-refractivity contribution < 1.29 is 0 Å². The van der Waals surface area contributed by atoms with Crippen LogP contribution in [0.5, 0.6) is 0 Å². The second kappa shape index (κ2) is 5.50. The number of hydrogen-bond acceptors (Lipinski definition) is 2. The monoisotopic (exact) mass is 348 g/mol. The lowest BCUT2D eigenvalue weighted by Gasteiger charge is -2.42. The normalized spacial score (nSPS) is 59.8. The van der Waals surface area contributed by atoms with E-state index >= 15 is 0 Å². The summed E-state index contributed by atoms with van der Waals surface area (Å²) >= 11 is 0. The van der Waals surface area contributed by atoms with Crippen molar-refractivity contribution in [1.29, 1.82) is 10.5 Å². The van der Waals surface area contributed by atoms with E-state index < -0.39 is 0 Å². The van der Waals surface area contributed by atoms with Gasteiger partial charge in [-0.25, -0.2) is 0 Å². The van der Waals surface area contributed by atoms with Crippen molar-refractivity contribution in [2.45, 2.75) is 58.3 Å². The molecule has 6 aliphatic rings. The third kappa shape index (κ3) is 1.97. The van der Waals surface area contributed by atoms with E-state index in [1.165, 1.54) is 51.4 Å². The molecule has 0 aromatic rings. The van der Waals surface area contributed by atoms with Crippen molar-refractivity contribution in [1.82, 2.24) is 0 Å². The third-order valence-corrected chi connectivity index (χ3v) is 10.8. The first kappa shape index (κ1) is 16.0. The van der Waals surface area contributed by atoms with E-state index in [9.17, 15) is 10.5 Å². The molecule has 0 aliphatic heterocycles. The predicted octanol–water partition coefficient (Wildman–Crippen LogP) is 5.27. The second-order valence-corrected chi connectivity index (χ2v) is 11.2. The van der Waals surface area contributed by atoms with Gasteiger partial charge in [0.05, 0.1) is 12.1 Å². The molecule has 0 saturated heterocycles. The molecule has 26 heavy (non-hydrogen) atoms. The molecule has 0 amide bonds. The van der Waals surface area contributed by atoms with E-state index in [4.69, 9.17) is 0 Å². The Morgan fingerprint density at radius 3 is 1.42 bits per heavy atom. The van der Waals surface area contributed by atoms with Gasteiger partial charge in [0.25, 0.3) is 0 Å². The van der Waals surface area contributed by atoms with Crippen molar-refractivity contribution >= 4 is 0 Å². The molecule has 0 radical (unpaired) electrons. The third-order valence-electron chi connectivity index (χ3n) is 10.8. The SMILES string of the molecule is CC(C1CC2CC1C1CC(C#N)CC21)C1CC2CC1C1CC(C#N)CC21. The molecule has 0 spiro atoms. The van der Waals surface area contributed by atoms with Gasteiger partial charge in [-0.15, -0.1) is 0 Å². The van der Waals surface area contributed by atoms with Crippen LogP contribution in [0.1, 0.15) is 58.3 Å². The maximum atomic E-state index is 9.39. The lowest BCUT2D eigenvalue weighted by atomic mass is 9.63. The Kier molecular flexibility index (Phi) is 3.38. The molecule has 2 nitrogen and oxygen atoms in total. The zero-order valence-corrected chi connectivity index (χ0v) is 16.1. The molecular formula is C24H32N2. The summed E-state index contributed by atoms with van der Waals surface area (Å²) in [4.78, 5) is 0. The van der Waals surface area contributed by atoms with E-state index in [2.05, 4.69) is 19.1 Å². The van der Waals surface area contributed by atoms with Crippen LogP contribution in [0.3, 0.4) is 0 Å². The summed E-state index contributed by atoms with van der Waals surface area (Å²) in [5.41, 5.74) is 0. The first-order valence-corrected chi connectivity index (χ1v) is 11.5. The molecule has 6 fully saturated rings. The van der Waals surface area contributed by atoms with Crippen LogP contribution in [0.15, 0.2) is 0 Å². The van der Waals surface area contributed by atoms with Gasteiger partial charge < -0.3 is 0 Å². The van der Waals surface area contributed by atoms with E-state index in [-0.39, 0.29) is 0 Å². The van der Waals surface area contributed by atoms with Gasteiger partial charge in [-0.2, -0.15) is 10.5 Å². The highest BCUT2D eigenvalue weighted by molar-refractivity contribution is 5.12. The fraction of sp³-hybridized carbons (Fsp3) is 0.917. The van der Waals surface area contributed by atoms with Crippen LogP contribution >= 0.6 is 0 Å². The number of fused-ring (bicyclic) bond motifs is 10. The highest BCUT2D eigenvalue weighted by Crippen LogP contribution is 2.68. The quantitative estimate of drug-likeness (QED) is 0.683. The smallest absolute Gasteiger partial charge is 0.0656 e. The summed E-state index contributed by atoms with van der Waals surface area (Å²) in [6.45, 7) is 2.61. The highest BCUT2D eigenvalue weighted by Gasteiger charge is 2.61. The van der Waals surface area contributed by atoms with Crippen molar-refractivity contribution in [2.24, 2.45) is 76.9 Å². The van der Waals surface area contributed by atoms with Crippen LogP contribution in [0, 0.1) is 99.6 Å². The zero-order valence-electron chi connectivity index (χ0n) is 16.1. The molecule has 138 valence electrons. The van der Waals surface area contributed by atoms with Gasteiger partial charge in [0.1, 0.15) is 0 Å². The Morgan fingerprint density at radius 2 is 1.00 bits per heavy atom. The minimum Gasteiger partial charge on any atom is -0.198 e. The lowest BCUT2D eigenvalue weighted by Crippen LogP contribution is -2.36. The Bertz CT molecular complexity index is 627. The van der Waals surface area contributed by atoms with Crippen LogP contribution in [-0.2, 0) is 0 Å². The largest absolute Gasteiger partial charge is 0.198 e. The van der Waals surface area contributed by atoms with E-state index in [0.29, 0.717) is 11.8 Å². The highest BCUT2D eigenvalue weighted by atomic mass is 14.7. The average molecular weight is 349 g/mol. The van der Waals surface area contributed by atoms with E-state index in [0.717, 1.165) is 65.1 Å². The van der Waals surface area contributed by atoms with Crippen molar-refractivity contribution in [3.8, 4) is 12.1 Å². The average Bonchev–Trinajstić information content (AvgIpc) is 3.46. The fourth-order valence-corrected chi connectivity index (χ4v) is 9.99. The number of nitriles is 2. The Balaban J connectivity index is 1.18. The molecule has 0 heterocycles. The molecule has 6 aliphatic carbocycles. The summed E-state index contributed by atoms with van der Waals surface area (Å²) in [7, 11) is 0. The minimum atomic E-state index is 0.369. The Morgan fingerprint density at radius 1 is 0.577 bits per heavy atom. The zero-order chi connectivity index (χ0) is 17.6. The fourth-order valence-electron chi connectivity index (χ4n) is 9.99. The molecule has 0 aromatic heterocycles. The molecule has 12 atom stereocenters. The van der Waals surface area contributed by atoms with E-state index in [1.807, 2.05) is 0 Å². The maximum Gasteiger partial charge on any atom is 0.0656 e. The van der Waals surface area contributed by atoms with Crippen LogP contribution < -0.4 is 0 Å². The number of hydrogen-bond donors (Lipinski definition) is 0. The molecule has 6 saturated carbocycles. The topological polar surface area (TPSA) is 47.6 Å². The molecule has 12 unspecified atom stereocenters. The van der Waals surface area contributed by atoms with Crippen molar-refractivity contribution in [2.75, 3.05) is 0 Å². The molecule has 0 aromatic carbocycles. The number of nitrogens with zero attached hydrogens (tertiary/aromatic N) is 2. The van der Waals surface area contributed by atoms with Gasteiger partial charge in [-0.3, -0.25) is 0 Å². The van der Waals surface area contributed by atoms with Crippen LogP contribution in [-0.4, -0.2) is 0 Å². The lowest BCUT2D eigenvalue weighted by molar-refractivity contribution is 0.0633. The molecular weight excluding hydrogens is 316 g/mol. The van der Waals surface area contributed by atoms with Crippen molar-refractivity contribution in [3.05, 3.63) is 0 Å². The molecule has 6 rings (SSSR count).